The minimum absolute atomic E-state index is 0.0837. The van der Waals surface area contributed by atoms with Crippen LogP contribution in [-0.2, 0) is 21.9 Å². The molecular formula is C34H32Cl2F6N6O2. The number of hydrogen-bond donors (Lipinski definition) is 2. The van der Waals surface area contributed by atoms with Crippen molar-refractivity contribution in [3.8, 4) is 22.5 Å². The first-order chi connectivity index (χ1) is 23.7. The monoisotopic (exact) mass is 740 g/mol. The van der Waals surface area contributed by atoms with E-state index >= 15 is 0 Å². The molecule has 2 aromatic heterocycles. The maximum atomic E-state index is 13.1. The minimum atomic E-state index is -4.53. The molecule has 0 aliphatic heterocycles. The molecule has 0 saturated carbocycles. The Hall–Kier alpha value is -4.30. The Morgan fingerprint density at radius 3 is 1.22 bits per heavy atom. The number of halogens is 8. The second-order valence-electron chi connectivity index (χ2n) is 11.4. The molecule has 0 radical (unpaired) electrons. The normalized spacial score (nSPS) is 11.8. The van der Waals surface area contributed by atoms with Gasteiger partial charge in [-0.3, -0.25) is 19.6 Å². The van der Waals surface area contributed by atoms with Crippen LogP contribution in [0.2, 0.25) is 10.0 Å². The molecule has 50 heavy (non-hydrogen) atoms. The second-order valence-corrected chi connectivity index (χ2v) is 12.2. The second kappa shape index (κ2) is 17.6. The van der Waals surface area contributed by atoms with E-state index < -0.39 is 23.5 Å². The number of carbonyl (C=O) groups is 2. The summed E-state index contributed by atoms with van der Waals surface area (Å²) in [5, 5.41) is 5.46. The highest BCUT2D eigenvalue weighted by molar-refractivity contribution is 6.33. The Morgan fingerprint density at radius 2 is 0.900 bits per heavy atom. The van der Waals surface area contributed by atoms with Gasteiger partial charge in [-0.05, 0) is 49.2 Å². The van der Waals surface area contributed by atoms with Gasteiger partial charge in [0.2, 0.25) is 11.8 Å². The maximum absolute atomic E-state index is 13.1. The fraction of sp³-hybridized carbons (Fsp3) is 0.353. The van der Waals surface area contributed by atoms with Crippen molar-refractivity contribution in [1.29, 1.82) is 0 Å². The molecule has 8 nitrogen and oxygen atoms in total. The number of alkyl halides is 6. The van der Waals surface area contributed by atoms with Crippen molar-refractivity contribution in [2.75, 3.05) is 10.6 Å². The molecule has 2 aromatic carbocycles. The Kier molecular flexibility index (Phi) is 13.5. The number of carbonyl (C=O) groups excluding carboxylic acids is 2. The van der Waals surface area contributed by atoms with Gasteiger partial charge in [0.25, 0.3) is 0 Å². The molecule has 2 heterocycles. The summed E-state index contributed by atoms with van der Waals surface area (Å²) in [5.74, 6) is -0.129. The number of unbranched alkanes of at least 4 members (excludes halogenated alkanes) is 7. The van der Waals surface area contributed by atoms with E-state index in [2.05, 4.69) is 30.6 Å². The minimum Gasteiger partial charge on any atom is -0.309 e. The zero-order chi connectivity index (χ0) is 36.3. The fourth-order valence-corrected chi connectivity index (χ4v) is 5.33. The van der Waals surface area contributed by atoms with Crippen LogP contribution >= 0.6 is 23.2 Å². The molecule has 0 bridgehead atoms. The molecule has 4 rings (SSSR count). The highest BCUT2D eigenvalue weighted by Crippen LogP contribution is 2.36. The summed E-state index contributed by atoms with van der Waals surface area (Å²) in [6.45, 7) is 0. The number of aromatic nitrogens is 4. The quantitative estimate of drug-likeness (QED) is 0.0927. The summed E-state index contributed by atoms with van der Waals surface area (Å²) < 4.78 is 78.3. The van der Waals surface area contributed by atoms with Gasteiger partial charge in [-0.25, -0.2) is 9.97 Å². The standard InChI is InChI=1S/C34H32Cl2F6N6O2/c35-25-13-11-21(33(37,38)39)15-23(25)27-17-45-29(19-43-27)47-31(49)9-7-5-3-1-2-4-6-8-10-32(50)48-30-20-44-28(18-46-30)24-16-22(34(40,41)42)12-14-26(24)36/h11-20H,1-10H2,(H,45,47,49)(H,46,48,50). The van der Waals surface area contributed by atoms with Crippen molar-refractivity contribution in [2.24, 2.45) is 0 Å². The maximum Gasteiger partial charge on any atom is 0.416 e. The molecule has 0 spiro atoms. The first-order valence-electron chi connectivity index (χ1n) is 15.7. The first-order valence-corrected chi connectivity index (χ1v) is 16.4. The molecule has 16 heteroatoms. The van der Waals surface area contributed by atoms with Crippen LogP contribution in [0.15, 0.2) is 61.2 Å². The SMILES string of the molecule is O=C(CCCCCCCCCCC(=O)Nc1cnc(-c2cc(C(F)(F)F)ccc2Cl)cn1)Nc1cnc(-c2cc(C(F)(F)F)ccc2Cl)cn1. The summed E-state index contributed by atoms with van der Waals surface area (Å²) in [7, 11) is 0. The van der Waals surface area contributed by atoms with Crippen LogP contribution in [0.3, 0.4) is 0 Å². The van der Waals surface area contributed by atoms with Crippen molar-refractivity contribution >= 4 is 46.7 Å². The third-order valence-corrected chi connectivity index (χ3v) is 8.19. The van der Waals surface area contributed by atoms with E-state index in [1.807, 2.05) is 0 Å². The van der Waals surface area contributed by atoms with Crippen LogP contribution < -0.4 is 10.6 Å². The summed E-state index contributed by atoms with van der Waals surface area (Å²) >= 11 is 12.1. The highest BCUT2D eigenvalue weighted by Gasteiger charge is 2.32. The lowest BCUT2D eigenvalue weighted by Crippen LogP contribution is -2.12. The number of nitrogens with one attached hydrogen (secondary N) is 2. The molecule has 0 unspecified atom stereocenters. The van der Waals surface area contributed by atoms with E-state index in [-0.39, 0.29) is 68.9 Å². The predicted molar refractivity (Wildman–Crippen MR) is 178 cm³/mol. The van der Waals surface area contributed by atoms with Crippen molar-refractivity contribution in [3.63, 3.8) is 0 Å². The van der Waals surface area contributed by atoms with E-state index in [4.69, 9.17) is 23.2 Å². The summed E-state index contributed by atoms with van der Waals surface area (Å²) in [6.07, 6.45) is 3.46. The Morgan fingerprint density at radius 1 is 0.540 bits per heavy atom. The number of nitrogens with zero attached hydrogens (tertiary/aromatic N) is 4. The lowest BCUT2D eigenvalue weighted by atomic mass is 10.1. The lowest BCUT2D eigenvalue weighted by Gasteiger charge is -2.10. The van der Waals surface area contributed by atoms with Crippen LogP contribution in [0.25, 0.3) is 22.5 Å². The predicted octanol–water partition coefficient (Wildman–Crippen LogP) is 10.4. The van der Waals surface area contributed by atoms with Crippen LogP contribution in [0.4, 0.5) is 38.0 Å². The van der Waals surface area contributed by atoms with E-state index in [1.54, 1.807) is 0 Å². The third kappa shape index (κ3) is 11.7. The van der Waals surface area contributed by atoms with Gasteiger partial charge in [0.1, 0.15) is 0 Å². The number of anilines is 2. The summed E-state index contributed by atoms with van der Waals surface area (Å²) in [5.41, 5.74) is -1.26. The zero-order valence-corrected chi connectivity index (χ0v) is 28.0. The smallest absolute Gasteiger partial charge is 0.309 e. The first kappa shape index (κ1) is 38.5. The van der Waals surface area contributed by atoms with Crippen molar-refractivity contribution < 1.29 is 35.9 Å². The number of benzene rings is 2. The van der Waals surface area contributed by atoms with E-state index in [1.165, 1.54) is 24.8 Å². The van der Waals surface area contributed by atoms with E-state index in [0.717, 1.165) is 74.9 Å². The van der Waals surface area contributed by atoms with Gasteiger partial charge in [-0.1, -0.05) is 61.7 Å². The van der Waals surface area contributed by atoms with E-state index in [0.29, 0.717) is 12.8 Å². The van der Waals surface area contributed by atoms with Crippen LogP contribution in [0.5, 0.6) is 0 Å². The number of hydrogen-bond acceptors (Lipinski definition) is 6. The van der Waals surface area contributed by atoms with Gasteiger partial charge in [0.15, 0.2) is 11.6 Å². The topological polar surface area (TPSA) is 110 Å². The highest BCUT2D eigenvalue weighted by atomic mass is 35.5. The average molecular weight is 742 g/mol. The average Bonchev–Trinajstić information content (AvgIpc) is 3.06. The van der Waals surface area contributed by atoms with Crippen molar-refractivity contribution in [2.45, 2.75) is 76.6 Å². The summed E-state index contributed by atoms with van der Waals surface area (Å²) in [6, 6.07) is 5.87. The molecule has 2 N–H and O–H groups in total. The van der Waals surface area contributed by atoms with Crippen LogP contribution in [-0.4, -0.2) is 31.8 Å². The van der Waals surface area contributed by atoms with Crippen molar-refractivity contribution in [3.05, 3.63) is 82.4 Å². The molecule has 2 amide bonds. The molecule has 0 saturated heterocycles. The molecule has 0 aliphatic rings. The largest absolute Gasteiger partial charge is 0.416 e. The third-order valence-electron chi connectivity index (χ3n) is 7.54. The van der Waals surface area contributed by atoms with Crippen LogP contribution in [0.1, 0.15) is 75.3 Å². The zero-order valence-electron chi connectivity index (χ0n) is 26.5. The van der Waals surface area contributed by atoms with Gasteiger partial charge in [0.05, 0.1) is 57.3 Å². The van der Waals surface area contributed by atoms with E-state index in [9.17, 15) is 35.9 Å². The Balaban J connectivity index is 1.05. The molecule has 0 aliphatic carbocycles. The molecule has 4 aromatic rings. The fourth-order valence-electron chi connectivity index (χ4n) is 4.90. The Labute approximate surface area is 294 Å². The van der Waals surface area contributed by atoms with Crippen LogP contribution in [0, 0.1) is 0 Å². The van der Waals surface area contributed by atoms with Gasteiger partial charge >= 0.3 is 12.4 Å². The molecule has 0 fully saturated rings. The molecule has 266 valence electrons. The van der Waals surface area contributed by atoms with Crippen molar-refractivity contribution in [1.82, 2.24) is 19.9 Å². The number of rotatable bonds is 15. The Bertz CT molecular complexity index is 1620. The van der Waals surface area contributed by atoms with Gasteiger partial charge in [-0.2, -0.15) is 26.3 Å². The van der Waals surface area contributed by atoms with Gasteiger partial charge in [0, 0.05) is 24.0 Å². The molecular weight excluding hydrogens is 709 g/mol. The lowest BCUT2D eigenvalue weighted by molar-refractivity contribution is -0.138. The number of amides is 2. The van der Waals surface area contributed by atoms with Gasteiger partial charge < -0.3 is 10.6 Å². The molecule has 0 atom stereocenters. The summed E-state index contributed by atoms with van der Waals surface area (Å²) in [4.78, 5) is 40.9. The van der Waals surface area contributed by atoms with Gasteiger partial charge in [-0.15, -0.1) is 0 Å².